The molecule has 14 atom stereocenters. The van der Waals surface area contributed by atoms with Crippen LogP contribution in [-0.2, 0) is 9.47 Å². The molecule has 2 saturated heterocycles. The summed E-state index contributed by atoms with van der Waals surface area (Å²) in [6.07, 6.45) is -19.4. The van der Waals surface area contributed by atoms with Gasteiger partial charge in [0.05, 0.1) is 25.0 Å². The Labute approximate surface area is 350 Å². The Hall–Kier alpha value is -5.78. The molecule has 330 valence electrons. The van der Waals surface area contributed by atoms with Gasteiger partial charge in [-0.1, -0.05) is 24.3 Å². The Morgan fingerprint density at radius 2 is 0.839 bits per heavy atom. The largest absolute Gasteiger partial charge is 0.508 e. The van der Waals surface area contributed by atoms with Gasteiger partial charge in [-0.2, -0.15) is 0 Å². The van der Waals surface area contributed by atoms with Gasteiger partial charge in [0.15, 0.2) is 11.6 Å². The van der Waals surface area contributed by atoms with Crippen LogP contribution in [0.2, 0.25) is 0 Å². The van der Waals surface area contributed by atoms with Crippen molar-refractivity contribution in [1.29, 1.82) is 0 Å². The number of hydrogen-bond donors (Lipinski definition) is 12. The number of ether oxygens (including phenoxy) is 6. The summed E-state index contributed by atoms with van der Waals surface area (Å²) in [5, 5.41) is 125. The molecule has 20 heteroatoms. The number of carbonyl (C=O) groups excluding carboxylic acids is 2. The van der Waals surface area contributed by atoms with Gasteiger partial charge in [0.1, 0.15) is 118 Å². The molecular weight excluding hydrogens is 824 g/mol. The number of aromatic hydroxyl groups is 4. The number of aliphatic hydroxyl groups excluding tert-OH is 8. The molecule has 4 aromatic rings. The van der Waals surface area contributed by atoms with E-state index in [1.807, 2.05) is 0 Å². The molecule has 4 aliphatic rings. The molecule has 20 nitrogen and oxygen atoms in total. The van der Waals surface area contributed by atoms with E-state index in [2.05, 4.69) is 0 Å². The Kier molecular flexibility index (Phi) is 11.6. The van der Waals surface area contributed by atoms with Crippen LogP contribution < -0.4 is 18.9 Å². The second kappa shape index (κ2) is 16.8. The van der Waals surface area contributed by atoms with E-state index in [0.29, 0.717) is 0 Å². The number of aliphatic hydroxyl groups is 8. The predicted octanol–water partition coefficient (Wildman–Crippen LogP) is -0.568. The number of Topliss-reactive ketones (excluding diaryl/α,β-unsaturated/α-hetero) is 2. The van der Waals surface area contributed by atoms with Crippen LogP contribution in [0.4, 0.5) is 0 Å². The van der Waals surface area contributed by atoms with E-state index in [9.17, 15) is 70.9 Å². The van der Waals surface area contributed by atoms with Crippen molar-refractivity contribution >= 4 is 11.6 Å². The fraction of sp³-hybridized carbons (Fsp3) is 0.381. The maximum absolute atomic E-state index is 15.0. The first-order chi connectivity index (χ1) is 29.6. The minimum Gasteiger partial charge on any atom is -0.508 e. The molecule has 0 aliphatic carbocycles. The number of fused-ring (bicyclic) bond motifs is 2. The van der Waals surface area contributed by atoms with E-state index in [1.54, 1.807) is 0 Å². The summed E-state index contributed by atoms with van der Waals surface area (Å²) >= 11 is 0. The van der Waals surface area contributed by atoms with Gasteiger partial charge in [-0.05, 0) is 35.4 Å². The highest BCUT2D eigenvalue weighted by Gasteiger charge is 2.54. The van der Waals surface area contributed by atoms with Crippen molar-refractivity contribution in [2.75, 3.05) is 13.2 Å². The number of phenolic OH excluding ortho intramolecular Hbond substituents is 4. The van der Waals surface area contributed by atoms with Gasteiger partial charge in [-0.15, -0.1) is 0 Å². The van der Waals surface area contributed by atoms with Crippen molar-refractivity contribution in [2.24, 2.45) is 11.8 Å². The standard InChI is InChI=1S/C42H42O20/c43-13-25-31(49)35(53)37(55)41(61-25)57-19-9-21(47)27-23(11-19)59-39(15-1-5-17(45)6-2-15)29(33(27)51)30-34(52)28-22(48)10-20(58-42-38(56)36(54)32(50)26(14-44)62-42)12-24(28)60-40(30)16-3-7-18(46)8-4-16/h1-12,25-26,29-32,35-50,53-56H,13-14H2/t25-,26-,29+,30?,31-,32-,35+,36+,37-,38-,39-,40-,41-,42-/m1/s1. The SMILES string of the molecule is O=C1c2c(O)cc(O[C@@H]3O[C@H](CO)[C@@H](O)[C@H](O)[C@H]3O)cc2O[C@H](c2ccc(O)cc2)C1[C@H]1C(=O)c2c(O)cc(O[C@@H]3O[C@H](CO)[C@@H](O)[C@H](O)[C@H]3O)cc2O[C@@H]1c1ccc(O)cc1. The average Bonchev–Trinajstić information content (AvgIpc) is 3.24. The number of rotatable bonds is 9. The molecule has 0 amide bonds. The van der Waals surface area contributed by atoms with Crippen molar-refractivity contribution in [2.45, 2.75) is 73.6 Å². The number of ketones is 2. The van der Waals surface area contributed by atoms with Crippen molar-refractivity contribution in [1.82, 2.24) is 0 Å². The van der Waals surface area contributed by atoms with Gasteiger partial charge in [0.2, 0.25) is 12.6 Å². The Morgan fingerprint density at radius 3 is 1.18 bits per heavy atom. The molecule has 1 unspecified atom stereocenters. The lowest BCUT2D eigenvalue weighted by atomic mass is 9.69. The third kappa shape index (κ3) is 7.59. The lowest BCUT2D eigenvalue weighted by Crippen LogP contribution is -2.60. The highest BCUT2D eigenvalue weighted by atomic mass is 16.7. The highest BCUT2D eigenvalue weighted by molar-refractivity contribution is 6.11. The third-order valence-electron chi connectivity index (χ3n) is 11.4. The summed E-state index contributed by atoms with van der Waals surface area (Å²) in [6.45, 7) is -1.50. The first-order valence-electron chi connectivity index (χ1n) is 19.3. The summed E-state index contributed by atoms with van der Waals surface area (Å²) in [4.78, 5) is 30.0. The Balaban J connectivity index is 1.20. The zero-order valence-electron chi connectivity index (χ0n) is 32.1. The van der Waals surface area contributed by atoms with Gasteiger partial charge in [-0.25, -0.2) is 0 Å². The van der Waals surface area contributed by atoms with Crippen LogP contribution in [0.5, 0.6) is 46.0 Å². The Bertz CT molecular complexity index is 2140. The molecule has 62 heavy (non-hydrogen) atoms. The van der Waals surface area contributed by atoms with Gasteiger partial charge < -0.3 is 89.7 Å². The minimum absolute atomic E-state index is 0.152. The first-order valence-corrected chi connectivity index (χ1v) is 19.3. The molecule has 0 radical (unpaired) electrons. The monoisotopic (exact) mass is 866 g/mol. The summed E-state index contributed by atoms with van der Waals surface area (Å²) in [5.74, 6) is -7.62. The van der Waals surface area contributed by atoms with E-state index in [1.165, 1.54) is 60.7 Å². The second-order valence-corrected chi connectivity index (χ2v) is 15.3. The van der Waals surface area contributed by atoms with Crippen LogP contribution in [0.3, 0.4) is 0 Å². The minimum atomic E-state index is -1.83. The summed E-state index contributed by atoms with van der Waals surface area (Å²) in [7, 11) is 0. The molecule has 0 bridgehead atoms. The molecule has 4 aromatic carbocycles. The maximum atomic E-state index is 15.0. The topological polar surface area (TPSA) is 332 Å². The molecule has 0 aromatic heterocycles. The second-order valence-electron chi connectivity index (χ2n) is 15.3. The number of benzene rings is 4. The number of hydrogen-bond acceptors (Lipinski definition) is 20. The van der Waals surface area contributed by atoms with Gasteiger partial charge in [0.25, 0.3) is 0 Å². The lowest BCUT2D eigenvalue weighted by molar-refractivity contribution is -0.277. The van der Waals surface area contributed by atoms with Crippen LogP contribution in [0.1, 0.15) is 44.1 Å². The summed E-state index contributed by atoms with van der Waals surface area (Å²) in [6, 6.07) is 15.2. The quantitative estimate of drug-likeness (QED) is 0.100. The van der Waals surface area contributed by atoms with E-state index in [-0.39, 0.29) is 45.6 Å². The van der Waals surface area contributed by atoms with Gasteiger partial charge >= 0.3 is 0 Å². The van der Waals surface area contributed by atoms with E-state index < -0.39 is 133 Å². The van der Waals surface area contributed by atoms with Crippen molar-refractivity contribution < 1.29 is 99.3 Å². The predicted molar refractivity (Wildman–Crippen MR) is 204 cm³/mol. The Morgan fingerprint density at radius 1 is 0.484 bits per heavy atom. The van der Waals surface area contributed by atoms with E-state index in [0.717, 1.165) is 12.1 Å². The van der Waals surface area contributed by atoms with Crippen molar-refractivity contribution in [3.63, 3.8) is 0 Å². The normalized spacial score (nSPS) is 33.1. The zero-order chi connectivity index (χ0) is 44.3. The molecule has 2 fully saturated rings. The smallest absolute Gasteiger partial charge is 0.229 e. The van der Waals surface area contributed by atoms with Crippen LogP contribution >= 0.6 is 0 Å². The highest BCUT2D eigenvalue weighted by Crippen LogP contribution is 2.54. The molecule has 4 heterocycles. The van der Waals surface area contributed by atoms with Crippen molar-refractivity contribution in [3.05, 3.63) is 95.1 Å². The average molecular weight is 867 g/mol. The molecule has 0 spiro atoms. The van der Waals surface area contributed by atoms with Crippen LogP contribution in [0.25, 0.3) is 0 Å². The molecular formula is C42H42O20. The third-order valence-corrected chi connectivity index (χ3v) is 11.4. The van der Waals surface area contributed by atoms with Gasteiger partial charge in [-0.3, -0.25) is 9.59 Å². The molecule has 8 rings (SSSR count). The lowest BCUT2D eigenvalue weighted by Gasteiger charge is -2.42. The summed E-state index contributed by atoms with van der Waals surface area (Å²) < 4.78 is 35.1. The number of phenols is 4. The van der Waals surface area contributed by atoms with E-state index in [4.69, 9.17) is 28.4 Å². The van der Waals surface area contributed by atoms with Crippen LogP contribution in [0, 0.1) is 11.8 Å². The molecule has 12 N–H and O–H groups in total. The van der Waals surface area contributed by atoms with Crippen LogP contribution in [-0.4, -0.2) is 147 Å². The summed E-state index contributed by atoms with van der Waals surface area (Å²) in [5.41, 5.74) is -0.326. The first kappa shape index (κ1) is 42.9. The number of carbonyl (C=O) groups is 2. The fourth-order valence-electron chi connectivity index (χ4n) is 8.18. The van der Waals surface area contributed by atoms with E-state index >= 15 is 0 Å². The fourth-order valence-corrected chi connectivity index (χ4v) is 8.18. The van der Waals surface area contributed by atoms with Crippen molar-refractivity contribution in [3.8, 4) is 46.0 Å². The molecule has 0 saturated carbocycles. The maximum Gasteiger partial charge on any atom is 0.229 e. The molecule has 4 aliphatic heterocycles. The van der Waals surface area contributed by atoms with Crippen LogP contribution in [0.15, 0.2) is 72.8 Å². The van der Waals surface area contributed by atoms with Gasteiger partial charge in [0, 0.05) is 24.3 Å². The zero-order valence-corrected chi connectivity index (χ0v) is 32.1.